The number of nitrogens with two attached hydrogens (primary N) is 1. The van der Waals surface area contributed by atoms with Crippen LogP contribution in [-0.4, -0.2) is 72.9 Å². The molecule has 40 heavy (non-hydrogen) atoms. The molecule has 5 rings (SSSR count). The molecule has 0 aliphatic heterocycles. The summed E-state index contributed by atoms with van der Waals surface area (Å²) in [5.41, 5.74) is 11.3. The lowest BCUT2D eigenvalue weighted by molar-refractivity contribution is 0.00902. The van der Waals surface area contributed by atoms with Gasteiger partial charge in [0.05, 0.1) is 29.9 Å². The second-order valence-corrected chi connectivity index (χ2v) is 10.5. The first-order valence-electron chi connectivity index (χ1n) is 13.5. The zero-order valence-electron chi connectivity index (χ0n) is 23.8. The van der Waals surface area contributed by atoms with Crippen LogP contribution in [-0.2, 0) is 11.8 Å². The number of likely N-dealkylation sites (N-methyl/N-ethyl adjacent to an activating group) is 2. The fourth-order valence-electron chi connectivity index (χ4n) is 4.80. The summed E-state index contributed by atoms with van der Waals surface area (Å²) >= 11 is 0. The average molecular weight is 544 g/mol. The minimum Gasteiger partial charge on any atom is -0.494 e. The maximum atomic E-state index is 13.2. The molecule has 210 valence electrons. The van der Waals surface area contributed by atoms with E-state index in [1.165, 1.54) is 6.20 Å². The predicted molar refractivity (Wildman–Crippen MR) is 160 cm³/mol. The van der Waals surface area contributed by atoms with Gasteiger partial charge in [-0.25, -0.2) is 14.8 Å². The number of nitrogens with zero attached hydrogens (tertiary/aromatic N) is 5. The highest BCUT2D eigenvalue weighted by molar-refractivity contribution is 6.03. The number of anilines is 4. The number of rotatable bonds is 10. The molecule has 2 aromatic heterocycles. The van der Waals surface area contributed by atoms with E-state index in [1.807, 2.05) is 75.4 Å². The normalized spacial score (nSPS) is 13.3. The third kappa shape index (κ3) is 5.53. The molecule has 0 amide bonds. The van der Waals surface area contributed by atoms with Crippen LogP contribution >= 0.6 is 0 Å². The molecule has 0 atom stereocenters. The summed E-state index contributed by atoms with van der Waals surface area (Å²) in [5, 5.41) is 4.25. The third-order valence-electron chi connectivity index (χ3n) is 7.38. The zero-order valence-corrected chi connectivity index (χ0v) is 23.8. The highest BCUT2D eigenvalue weighted by Crippen LogP contribution is 2.37. The number of para-hydroxylation sites is 1. The Morgan fingerprint density at radius 2 is 1.95 bits per heavy atom. The van der Waals surface area contributed by atoms with Gasteiger partial charge in [0.2, 0.25) is 5.95 Å². The predicted octanol–water partition coefficient (Wildman–Crippen LogP) is 4.68. The van der Waals surface area contributed by atoms with Crippen molar-refractivity contribution in [3.63, 3.8) is 0 Å². The molecule has 1 fully saturated rings. The van der Waals surface area contributed by atoms with Gasteiger partial charge < -0.3 is 34.9 Å². The van der Waals surface area contributed by atoms with Gasteiger partial charge in [0.1, 0.15) is 17.4 Å². The number of carbonyl (C=O) groups excluding carboxylic acids is 1. The van der Waals surface area contributed by atoms with Crippen molar-refractivity contribution < 1.29 is 14.3 Å². The number of methoxy groups -OCH3 is 1. The van der Waals surface area contributed by atoms with Crippen LogP contribution in [0.2, 0.25) is 0 Å². The highest BCUT2D eigenvalue weighted by atomic mass is 16.5. The monoisotopic (exact) mass is 543 g/mol. The summed E-state index contributed by atoms with van der Waals surface area (Å²) in [6, 6.07) is 11.8. The lowest BCUT2D eigenvalue weighted by Gasteiger charge is -2.25. The summed E-state index contributed by atoms with van der Waals surface area (Å²) in [6.45, 7) is 1.70. The Balaban J connectivity index is 1.52. The topological polar surface area (TPSA) is 111 Å². The smallest absolute Gasteiger partial charge is 0.342 e. The molecule has 0 bridgehead atoms. The van der Waals surface area contributed by atoms with Gasteiger partial charge in [0.25, 0.3) is 0 Å². The number of hydrogen-bond acceptors (Lipinski definition) is 9. The Morgan fingerprint density at radius 1 is 1.18 bits per heavy atom. The number of ether oxygens (including phenoxy) is 2. The molecule has 0 saturated heterocycles. The van der Waals surface area contributed by atoms with Crippen molar-refractivity contribution in [2.75, 3.05) is 57.3 Å². The van der Waals surface area contributed by atoms with E-state index in [0.29, 0.717) is 34.3 Å². The SMILES string of the molecule is COc1cc(N(C)CCN(C)C)c(N)cc1Nc1ncc(C(=O)OC2CCC2)c(-c2cn(C)c3ccccc23)n1. The standard InChI is InChI=1S/C30H37N7O3/c1-35(2)13-14-36(3)26-16-27(39-5)24(15-23(26)31)33-30-32-17-21(29(38)40-19-9-8-10-19)28(34-30)22-18-37(4)25-12-7-6-11-20(22)25/h6-7,11-12,15-19H,8-10,13-14,31H2,1-5H3,(H,32,33,34). The molecule has 2 heterocycles. The first-order chi connectivity index (χ1) is 19.2. The van der Waals surface area contributed by atoms with Gasteiger partial charge in [-0.15, -0.1) is 0 Å². The van der Waals surface area contributed by atoms with E-state index in [-0.39, 0.29) is 6.10 Å². The van der Waals surface area contributed by atoms with Gasteiger partial charge in [-0.05, 0) is 45.5 Å². The number of benzene rings is 2. The number of aromatic nitrogens is 3. The summed E-state index contributed by atoms with van der Waals surface area (Å²) in [5.74, 6) is 0.505. The summed E-state index contributed by atoms with van der Waals surface area (Å²) < 4.78 is 13.5. The van der Waals surface area contributed by atoms with E-state index < -0.39 is 5.97 Å². The van der Waals surface area contributed by atoms with E-state index >= 15 is 0 Å². The van der Waals surface area contributed by atoms with Crippen LogP contribution in [0.15, 0.2) is 48.8 Å². The molecular formula is C30H37N7O3. The molecule has 0 unspecified atom stereocenters. The number of carbonyl (C=O) groups is 1. The largest absolute Gasteiger partial charge is 0.494 e. The lowest BCUT2D eigenvalue weighted by Crippen LogP contribution is -2.29. The Morgan fingerprint density at radius 3 is 2.65 bits per heavy atom. The molecule has 0 spiro atoms. The minimum atomic E-state index is -0.411. The minimum absolute atomic E-state index is 0.0488. The average Bonchev–Trinajstić information content (AvgIpc) is 3.25. The number of aryl methyl sites for hydroxylation is 1. The zero-order chi connectivity index (χ0) is 28.4. The number of nitrogens with one attached hydrogen (secondary N) is 1. The first-order valence-corrected chi connectivity index (χ1v) is 13.5. The molecule has 10 heteroatoms. The molecule has 10 nitrogen and oxygen atoms in total. The molecular weight excluding hydrogens is 506 g/mol. The van der Waals surface area contributed by atoms with Crippen molar-refractivity contribution in [3.8, 4) is 17.0 Å². The number of nitrogen functional groups attached to an aromatic ring is 1. The fourth-order valence-corrected chi connectivity index (χ4v) is 4.80. The summed E-state index contributed by atoms with van der Waals surface area (Å²) in [4.78, 5) is 26.8. The van der Waals surface area contributed by atoms with Crippen LogP contribution in [0.3, 0.4) is 0 Å². The van der Waals surface area contributed by atoms with Crippen LogP contribution in [0.4, 0.5) is 23.0 Å². The molecule has 3 N–H and O–H groups in total. The maximum absolute atomic E-state index is 13.2. The maximum Gasteiger partial charge on any atom is 0.342 e. The van der Waals surface area contributed by atoms with Crippen molar-refractivity contribution in [3.05, 3.63) is 54.4 Å². The Hall–Kier alpha value is -4.31. The van der Waals surface area contributed by atoms with Gasteiger partial charge in [-0.3, -0.25) is 0 Å². The number of hydrogen-bond donors (Lipinski definition) is 2. The van der Waals surface area contributed by atoms with Gasteiger partial charge in [0, 0.05) is 62.1 Å². The van der Waals surface area contributed by atoms with Crippen molar-refractivity contribution in [2.45, 2.75) is 25.4 Å². The second kappa shape index (κ2) is 11.4. The highest BCUT2D eigenvalue weighted by Gasteiger charge is 2.26. The molecule has 0 radical (unpaired) electrons. The van der Waals surface area contributed by atoms with Crippen molar-refractivity contribution >= 4 is 39.9 Å². The van der Waals surface area contributed by atoms with Crippen molar-refractivity contribution in [1.29, 1.82) is 0 Å². The van der Waals surface area contributed by atoms with E-state index in [0.717, 1.165) is 54.5 Å². The number of esters is 1. The number of fused-ring (bicyclic) bond motifs is 1. The summed E-state index contributed by atoms with van der Waals surface area (Å²) in [7, 11) is 9.67. The molecule has 1 aliphatic rings. The Kier molecular flexibility index (Phi) is 7.79. The lowest BCUT2D eigenvalue weighted by atomic mass is 9.96. The second-order valence-electron chi connectivity index (χ2n) is 10.5. The molecule has 2 aromatic carbocycles. The van der Waals surface area contributed by atoms with E-state index in [2.05, 4.69) is 20.1 Å². The third-order valence-corrected chi connectivity index (χ3v) is 7.38. The van der Waals surface area contributed by atoms with Gasteiger partial charge in [-0.1, -0.05) is 18.2 Å². The van der Waals surface area contributed by atoms with E-state index in [1.54, 1.807) is 7.11 Å². The molecule has 4 aromatic rings. The molecule has 1 aliphatic carbocycles. The van der Waals surface area contributed by atoms with Crippen LogP contribution in [0, 0.1) is 0 Å². The summed E-state index contributed by atoms with van der Waals surface area (Å²) in [6.07, 6.45) is 6.31. The Labute approximate surface area is 234 Å². The fraction of sp³-hybridized carbons (Fsp3) is 0.367. The van der Waals surface area contributed by atoms with Crippen LogP contribution in [0.5, 0.6) is 5.75 Å². The first kappa shape index (κ1) is 27.3. The van der Waals surface area contributed by atoms with Crippen LogP contribution in [0.25, 0.3) is 22.2 Å². The van der Waals surface area contributed by atoms with Gasteiger partial charge >= 0.3 is 5.97 Å². The van der Waals surface area contributed by atoms with E-state index in [4.69, 9.17) is 20.2 Å². The molecule has 1 saturated carbocycles. The van der Waals surface area contributed by atoms with Crippen LogP contribution in [0.1, 0.15) is 29.6 Å². The van der Waals surface area contributed by atoms with Crippen LogP contribution < -0.4 is 20.7 Å². The van der Waals surface area contributed by atoms with Gasteiger partial charge in [-0.2, -0.15) is 0 Å². The van der Waals surface area contributed by atoms with Gasteiger partial charge in [0.15, 0.2) is 0 Å². The van der Waals surface area contributed by atoms with Crippen molar-refractivity contribution in [1.82, 2.24) is 19.4 Å². The van der Waals surface area contributed by atoms with Crippen molar-refractivity contribution in [2.24, 2.45) is 7.05 Å². The quantitative estimate of drug-likeness (QED) is 0.218. The van der Waals surface area contributed by atoms with E-state index in [9.17, 15) is 4.79 Å². The Bertz CT molecular complexity index is 1530.